The molecule has 0 radical (unpaired) electrons. The highest BCUT2D eigenvalue weighted by molar-refractivity contribution is 6.72. The second-order valence-corrected chi connectivity index (χ2v) is 12.1. The number of oxime groups is 1. The van der Waals surface area contributed by atoms with Crippen molar-refractivity contribution in [3.8, 4) is 0 Å². The van der Waals surface area contributed by atoms with Crippen LogP contribution in [0.3, 0.4) is 0 Å². The Kier molecular flexibility index (Phi) is 7.14. The molecular formula is C27H31NOSi. The summed E-state index contributed by atoms with van der Waals surface area (Å²) in [6, 6.07) is 35.3. The predicted molar refractivity (Wildman–Crippen MR) is 128 cm³/mol. The highest BCUT2D eigenvalue weighted by Gasteiger charge is 2.39. The van der Waals surface area contributed by atoms with Crippen LogP contribution in [0.1, 0.15) is 48.8 Å². The van der Waals surface area contributed by atoms with Crippen molar-refractivity contribution in [2.24, 2.45) is 5.16 Å². The first-order chi connectivity index (χ1) is 14.8. The van der Waals surface area contributed by atoms with Gasteiger partial charge in [0, 0.05) is 18.1 Å². The molecule has 1 saturated carbocycles. The van der Waals surface area contributed by atoms with Crippen molar-refractivity contribution in [3.05, 3.63) is 108 Å². The first-order valence-electron chi connectivity index (χ1n) is 11.2. The standard InChI is InChI=1S/C27H31NOSi/c1-5-13-24(14-6-1)21-30(22-25-15-7-2-8-16-25,23-26-17-9-3-10-18-26)29-28-27-19-11-4-12-20-27/h1-3,5-10,13-18H,4,11-12,19-23H2. The molecule has 0 unspecified atom stereocenters. The normalized spacial score (nSPS) is 14.3. The minimum Gasteiger partial charge on any atom is -0.454 e. The highest BCUT2D eigenvalue weighted by Crippen LogP contribution is 2.25. The van der Waals surface area contributed by atoms with E-state index in [1.165, 1.54) is 41.7 Å². The van der Waals surface area contributed by atoms with Crippen LogP contribution in [0.5, 0.6) is 0 Å². The van der Waals surface area contributed by atoms with E-state index in [9.17, 15) is 0 Å². The molecule has 0 heterocycles. The van der Waals surface area contributed by atoms with Crippen LogP contribution in [-0.4, -0.2) is 14.0 Å². The van der Waals surface area contributed by atoms with E-state index in [4.69, 9.17) is 9.68 Å². The van der Waals surface area contributed by atoms with Gasteiger partial charge < -0.3 is 4.53 Å². The lowest BCUT2D eigenvalue weighted by molar-refractivity contribution is 0.312. The van der Waals surface area contributed by atoms with Crippen molar-refractivity contribution >= 4 is 14.0 Å². The zero-order chi connectivity index (χ0) is 20.5. The zero-order valence-corrected chi connectivity index (χ0v) is 18.7. The molecule has 4 rings (SSSR count). The minimum atomic E-state index is -2.29. The average molecular weight is 414 g/mol. The molecule has 1 aliphatic carbocycles. The van der Waals surface area contributed by atoms with Crippen LogP contribution in [-0.2, 0) is 22.7 Å². The molecule has 0 bridgehead atoms. The Morgan fingerprint density at radius 3 is 1.37 bits per heavy atom. The fourth-order valence-electron chi connectivity index (χ4n) is 4.40. The molecule has 1 aliphatic rings. The largest absolute Gasteiger partial charge is 0.454 e. The maximum atomic E-state index is 6.71. The Labute approximate surface area is 181 Å². The van der Waals surface area contributed by atoms with Crippen molar-refractivity contribution < 1.29 is 4.53 Å². The van der Waals surface area contributed by atoms with Crippen molar-refractivity contribution in [1.29, 1.82) is 0 Å². The van der Waals surface area contributed by atoms with Gasteiger partial charge >= 0.3 is 0 Å². The van der Waals surface area contributed by atoms with E-state index in [1.807, 2.05) is 0 Å². The van der Waals surface area contributed by atoms with Crippen LogP contribution in [0.2, 0.25) is 0 Å². The summed E-state index contributed by atoms with van der Waals surface area (Å²) in [6.45, 7) is 0. The number of rotatable bonds is 8. The number of hydrogen-bond donors (Lipinski definition) is 0. The number of nitrogens with zero attached hydrogens (tertiary/aromatic N) is 1. The minimum absolute atomic E-state index is 0.967. The highest BCUT2D eigenvalue weighted by atomic mass is 28.4. The van der Waals surface area contributed by atoms with Gasteiger partial charge in [-0.25, -0.2) is 0 Å². The Balaban J connectivity index is 1.69. The lowest BCUT2D eigenvalue weighted by atomic mass is 9.99. The van der Waals surface area contributed by atoms with Crippen molar-refractivity contribution in [3.63, 3.8) is 0 Å². The molecule has 0 atom stereocenters. The molecule has 0 N–H and O–H groups in total. The Bertz CT molecular complexity index is 815. The molecule has 0 spiro atoms. The third-order valence-electron chi connectivity index (χ3n) is 5.91. The summed E-state index contributed by atoms with van der Waals surface area (Å²) >= 11 is 0. The third-order valence-corrected chi connectivity index (χ3v) is 9.54. The van der Waals surface area contributed by atoms with Gasteiger partial charge in [-0.15, -0.1) is 5.16 Å². The summed E-state index contributed by atoms with van der Waals surface area (Å²) in [5.74, 6) is 0. The van der Waals surface area contributed by atoms with E-state index in [1.54, 1.807) is 0 Å². The topological polar surface area (TPSA) is 21.6 Å². The third kappa shape index (κ3) is 5.93. The first kappa shape index (κ1) is 20.6. The quantitative estimate of drug-likeness (QED) is 0.300. The molecule has 0 aromatic heterocycles. The summed E-state index contributed by atoms with van der Waals surface area (Å²) in [4.78, 5) is 0. The second-order valence-electron chi connectivity index (χ2n) is 8.48. The fourth-order valence-corrected chi connectivity index (χ4v) is 8.23. The van der Waals surface area contributed by atoms with Gasteiger partial charge in [0.2, 0.25) is 0 Å². The fraction of sp³-hybridized carbons (Fsp3) is 0.296. The van der Waals surface area contributed by atoms with Gasteiger partial charge in [-0.1, -0.05) is 97.4 Å². The molecule has 0 amide bonds. The summed E-state index contributed by atoms with van der Waals surface area (Å²) in [5, 5.41) is 4.82. The van der Waals surface area contributed by atoms with E-state index >= 15 is 0 Å². The Morgan fingerprint density at radius 1 is 0.567 bits per heavy atom. The average Bonchev–Trinajstić information content (AvgIpc) is 2.80. The number of hydrogen-bond acceptors (Lipinski definition) is 2. The molecule has 3 heteroatoms. The zero-order valence-electron chi connectivity index (χ0n) is 17.7. The molecule has 3 aromatic carbocycles. The van der Waals surface area contributed by atoms with Crippen LogP contribution in [0.4, 0.5) is 0 Å². The molecule has 2 nitrogen and oxygen atoms in total. The Morgan fingerprint density at radius 2 is 0.967 bits per heavy atom. The van der Waals surface area contributed by atoms with Crippen LogP contribution in [0.15, 0.2) is 96.2 Å². The SMILES string of the molecule is c1ccc(C[Si](Cc2ccccc2)(Cc2ccccc2)ON=C2CCCCC2)cc1. The van der Waals surface area contributed by atoms with E-state index in [0.717, 1.165) is 31.0 Å². The molecule has 0 aliphatic heterocycles. The maximum Gasteiger partial charge on any atom is 0.300 e. The molecule has 3 aromatic rings. The predicted octanol–water partition coefficient (Wildman–Crippen LogP) is 6.61. The molecule has 154 valence electrons. The maximum absolute atomic E-state index is 6.71. The van der Waals surface area contributed by atoms with Crippen molar-refractivity contribution in [2.75, 3.05) is 0 Å². The van der Waals surface area contributed by atoms with Gasteiger partial charge in [-0.05, 0) is 42.4 Å². The molecule has 30 heavy (non-hydrogen) atoms. The van der Waals surface area contributed by atoms with Crippen LogP contribution >= 0.6 is 0 Å². The van der Waals surface area contributed by atoms with Gasteiger partial charge in [-0.3, -0.25) is 0 Å². The van der Waals surface area contributed by atoms with Crippen LogP contribution < -0.4 is 0 Å². The van der Waals surface area contributed by atoms with Gasteiger partial charge in [-0.2, -0.15) is 0 Å². The Hall–Kier alpha value is -2.65. The molecule has 0 saturated heterocycles. The van der Waals surface area contributed by atoms with Gasteiger partial charge in [0.15, 0.2) is 0 Å². The lowest BCUT2D eigenvalue weighted by Gasteiger charge is -2.30. The summed E-state index contributed by atoms with van der Waals surface area (Å²) in [6.07, 6.45) is 5.98. The summed E-state index contributed by atoms with van der Waals surface area (Å²) < 4.78 is 6.71. The van der Waals surface area contributed by atoms with Crippen molar-refractivity contribution in [2.45, 2.75) is 50.2 Å². The number of benzene rings is 3. The summed E-state index contributed by atoms with van der Waals surface area (Å²) in [5.41, 5.74) is 5.30. The van der Waals surface area contributed by atoms with Crippen molar-refractivity contribution in [1.82, 2.24) is 0 Å². The lowest BCUT2D eigenvalue weighted by Crippen LogP contribution is -2.46. The molecular weight excluding hydrogens is 382 g/mol. The molecule has 1 fully saturated rings. The first-order valence-corrected chi connectivity index (χ1v) is 13.7. The smallest absolute Gasteiger partial charge is 0.300 e. The van der Waals surface area contributed by atoms with Gasteiger partial charge in [0.1, 0.15) is 0 Å². The van der Waals surface area contributed by atoms with E-state index in [-0.39, 0.29) is 0 Å². The summed E-state index contributed by atoms with van der Waals surface area (Å²) in [7, 11) is -2.29. The van der Waals surface area contributed by atoms with E-state index in [0.29, 0.717) is 0 Å². The van der Waals surface area contributed by atoms with E-state index in [2.05, 4.69) is 91.0 Å². The monoisotopic (exact) mass is 413 g/mol. The van der Waals surface area contributed by atoms with Crippen LogP contribution in [0, 0.1) is 0 Å². The van der Waals surface area contributed by atoms with Gasteiger partial charge in [0.05, 0.1) is 5.71 Å². The van der Waals surface area contributed by atoms with Gasteiger partial charge in [0.25, 0.3) is 8.32 Å². The van der Waals surface area contributed by atoms with E-state index < -0.39 is 8.32 Å². The second kappa shape index (κ2) is 10.4. The van der Waals surface area contributed by atoms with Crippen LogP contribution in [0.25, 0.3) is 0 Å².